The highest BCUT2D eigenvalue weighted by atomic mass is 16.3. The minimum atomic E-state index is -0.684. The highest BCUT2D eigenvalue weighted by Gasteiger charge is 2.27. The Hall–Kier alpha value is -1.69. The molecule has 2 heterocycles. The highest BCUT2D eigenvalue weighted by Crippen LogP contribution is 2.22. The van der Waals surface area contributed by atoms with Crippen LogP contribution in [0.3, 0.4) is 0 Å². The van der Waals surface area contributed by atoms with Crippen LogP contribution in [0.25, 0.3) is 0 Å². The predicted molar refractivity (Wildman–Crippen MR) is 66.8 cm³/mol. The maximum Gasteiger partial charge on any atom is 0.274 e. The Kier molecular flexibility index (Phi) is 3.47. The van der Waals surface area contributed by atoms with E-state index in [2.05, 4.69) is 9.97 Å². The van der Waals surface area contributed by atoms with Crippen LogP contribution in [-0.4, -0.2) is 44.6 Å². The van der Waals surface area contributed by atoms with Crippen molar-refractivity contribution < 1.29 is 9.90 Å². The quantitative estimate of drug-likeness (QED) is 0.754. The molecule has 1 unspecified atom stereocenters. The molecule has 1 aromatic heterocycles. The number of hydrogen-bond donors (Lipinski definition) is 2. The molecule has 1 aliphatic heterocycles. The van der Waals surface area contributed by atoms with Gasteiger partial charge in [0.2, 0.25) is 0 Å². The number of hydrogen-bond acceptors (Lipinski definition) is 5. The molecule has 1 aliphatic rings. The van der Waals surface area contributed by atoms with E-state index >= 15 is 0 Å². The maximum absolute atomic E-state index is 12.2. The number of carbonyl (C=O) groups excluding carboxylic acids is 1. The number of likely N-dealkylation sites (tertiary alicyclic amines) is 1. The summed E-state index contributed by atoms with van der Waals surface area (Å²) in [5.74, 6) is 0.0650. The summed E-state index contributed by atoms with van der Waals surface area (Å²) in [4.78, 5) is 21.7. The lowest BCUT2D eigenvalue weighted by atomic mass is 9.98. The Bertz CT molecular complexity index is 447. The molecule has 1 amide bonds. The third kappa shape index (κ3) is 2.95. The number of rotatable bonds is 1. The fraction of sp³-hybridized carbons (Fsp3) is 0.583. The number of anilines is 1. The van der Waals surface area contributed by atoms with Crippen molar-refractivity contribution in [1.82, 2.24) is 14.9 Å². The van der Waals surface area contributed by atoms with Crippen molar-refractivity contribution in [3.05, 3.63) is 18.1 Å². The molecule has 98 valence electrons. The first-order valence-electron chi connectivity index (χ1n) is 6.07. The van der Waals surface area contributed by atoms with Gasteiger partial charge in [-0.1, -0.05) is 0 Å². The summed E-state index contributed by atoms with van der Waals surface area (Å²) in [6, 6.07) is 0. The summed E-state index contributed by atoms with van der Waals surface area (Å²) < 4.78 is 0. The van der Waals surface area contributed by atoms with Crippen LogP contribution in [0.5, 0.6) is 0 Å². The molecule has 0 bridgehead atoms. The molecule has 0 aliphatic carbocycles. The molecule has 1 saturated heterocycles. The lowest BCUT2D eigenvalue weighted by Crippen LogP contribution is -2.34. The molecule has 1 fully saturated rings. The van der Waals surface area contributed by atoms with Gasteiger partial charge in [-0.3, -0.25) is 9.78 Å². The van der Waals surface area contributed by atoms with Crippen LogP contribution >= 0.6 is 0 Å². The van der Waals surface area contributed by atoms with E-state index in [1.807, 2.05) is 0 Å². The van der Waals surface area contributed by atoms with Crippen LogP contribution in [0, 0.1) is 0 Å². The number of amides is 1. The average Bonchev–Trinajstić information content (AvgIpc) is 2.49. The molecule has 3 N–H and O–H groups in total. The van der Waals surface area contributed by atoms with Crippen molar-refractivity contribution >= 4 is 11.7 Å². The molecule has 1 atom stereocenters. The molecule has 0 aromatic carbocycles. The van der Waals surface area contributed by atoms with Gasteiger partial charge in [0.1, 0.15) is 11.5 Å². The average molecular weight is 250 g/mol. The van der Waals surface area contributed by atoms with E-state index in [1.165, 1.54) is 12.4 Å². The molecule has 0 radical (unpaired) electrons. The zero-order valence-corrected chi connectivity index (χ0v) is 10.5. The Morgan fingerprint density at radius 2 is 2.22 bits per heavy atom. The van der Waals surface area contributed by atoms with E-state index in [4.69, 9.17) is 5.73 Å². The molecule has 0 saturated carbocycles. The van der Waals surface area contributed by atoms with Crippen LogP contribution in [0.4, 0.5) is 5.82 Å². The molecular formula is C12H18N4O2. The molecule has 2 rings (SSSR count). The normalized spacial score (nSPS) is 24.7. The van der Waals surface area contributed by atoms with Crippen LogP contribution in [0.15, 0.2) is 12.4 Å². The lowest BCUT2D eigenvalue weighted by Gasteiger charge is -2.22. The molecular weight excluding hydrogens is 232 g/mol. The molecule has 6 heteroatoms. The van der Waals surface area contributed by atoms with Gasteiger partial charge < -0.3 is 15.7 Å². The van der Waals surface area contributed by atoms with Crippen LogP contribution in [0.2, 0.25) is 0 Å². The molecule has 0 spiro atoms. The monoisotopic (exact) mass is 250 g/mol. The lowest BCUT2D eigenvalue weighted by molar-refractivity contribution is 0.0437. The summed E-state index contributed by atoms with van der Waals surface area (Å²) in [5, 5.41) is 9.98. The molecule has 1 aromatic rings. The van der Waals surface area contributed by atoms with Crippen molar-refractivity contribution in [2.24, 2.45) is 0 Å². The Morgan fingerprint density at radius 1 is 1.44 bits per heavy atom. The Labute approximate surface area is 106 Å². The number of aromatic nitrogens is 2. The van der Waals surface area contributed by atoms with Crippen LogP contribution in [-0.2, 0) is 0 Å². The zero-order chi connectivity index (χ0) is 13.2. The summed E-state index contributed by atoms with van der Waals surface area (Å²) in [7, 11) is 0. The van der Waals surface area contributed by atoms with Gasteiger partial charge in [0, 0.05) is 13.1 Å². The Morgan fingerprint density at radius 3 is 2.94 bits per heavy atom. The van der Waals surface area contributed by atoms with Crippen molar-refractivity contribution in [3.8, 4) is 0 Å². The number of carbonyl (C=O) groups is 1. The zero-order valence-electron chi connectivity index (χ0n) is 10.5. The van der Waals surface area contributed by atoms with Gasteiger partial charge in [0.15, 0.2) is 0 Å². The first-order chi connectivity index (χ1) is 8.48. The van der Waals surface area contributed by atoms with Gasteiger partial charge in [-0.15, -0.1) is 0 Å². The van der Waals surface area contributed by atoms with Gasteiger partial charge in [0.05, 0.1) is 18.0 Å². The maximum atomic E-state index is 12.2. The second-order valence-corrected chi connectivity index (χ2v) is 4.97. The van der Waals surface area contributed by atoms with E-state index in [1.54, 1.807) is 11.8 Å². The van der Waals surface area contributed by atoms with Gasteiger partial charge in [-0.2, -0.15) is 0 Å². The van der Waals surface area contributed by atoms with Crippen molar-refractivity contribution in [2.45, 2.75) is 31.8 Å². The standard InChI is InChI=1S/C12H18N4O2/c1-12(18)3-2-5-16(6-4-12)11(17)9-7-14-8-10(13)15-9/h7-8,18H,2-6H2,1H3,(H2,13,15). The first-order valence-corrected chi connectivity index (χ1v) is 6.07. The van der Waals surface area contributed by atoms with Crippen molar-refractivity contribution in [3.63, 3.8) is 0 Å². The van der Waals surface area contributed by atoms with Crippen LogP contribution in [0.1, 0.15) is 36.7 Å². The topological polar surface area (TPSA) is 92.3 Å². The van der Waals surface area contributed by atoms with Gasteiger partial charge in [-0.05, 0) is 26.2 Å². The predicted octanol–water partition coefficient (Wildman–Crippen LogP) is 0.436. The summed E-state index contributed by atoms with van der Waals surface area (Å²) >= 11 is 0. The van der Waals surface area contributed by atoms with E-state index in [0.717, 1.165) is 6.42 Å². The van der Waals surface area contributed by atoms with Crippen molar-refractivity contribution in [2.75, 3.05) is 18.8 Å². The minimum Gasteiger partial charge on any atom is -0.390 e. The van der Waals surface area contributed by atoms with E-state index in [0.29, 0.717) is 25.9 Å². The van der Waals surface area contributed by atoms with E-state index < -0.39 is 5.60 Å². The molecule has 18 heavy (non-hydrogen) atoms. The summed E-state index contributed by atoms with van der Waals surface area (Å²) in [5.41, 5.74) is 5.09. The van der Waals surface area contributed by atoms with E-state index in [-0.39, 0.29) is 17.4 Å². The summed E-state index contributed by atoms with van der Waals surface area (Å²) in [6.07, 6.45) is 4.90. The number of nitrogen functional groups attached to an aromatic ring is 1. The fourth-order valence-electron chi connectivity index (χ4n) is 2.11. The van der Waals surface area contributed by atoms with Crippen molar-refractivity contribution in [1.29, 1.82) is 0 Å². The van der Waals surface area contributed by atoms with Gasteiger partial charge in [0.25, 0.3) is 5.91 Å². The van der Waals surface area contributed by atoms with Gasteiger partial charge >= 0.3 is 0 Å². The highest BCUT2D eigenvalue weighted by molar-refractivity contribution is 5.92. The Balaban J connectivity index is 2.10. The van der Waals surface area contributed by atoms with E-state index in [9.17, 15) is 9.90 Å². The summed E-state index contributed by atoms with van der Waals surface area (Å²) in [6.45, 7) is 2.97. The smallest absolute Gasteiger partial charge is 0.274 e. The SMILES string of the molecule is CC1(O)CCCN(C(=O)c2cncc(N)n2)CC1. The minimum absolute atomic E-state index is 0.174. The third-order valence-electron chi connectivity index (χ3n) is 3.22. The number of nitrogens with zero attached hydrogens (tertiary/aromatic N) is 3. The van der Waals surface area contributed by atoms with Gasteiger partial charge in [-0.25, -0.2) is 4.98 Å². The number of nitrogens with two attached hydrogens (primary N) is 1. The first kappa shape index (κ1) is 12.8. The second kappa shape index (κ2) is 4.89. The third-order valence-corrected chi connectivity index (χ3v) is 3.22. The second-order valence-electron chi connectivity index (χ2n) is 4.97. The largest absolute Gasteiger partial charge is 0.390 e. The molecule has 6 nitrogen and oxygen atoms in total. The van der Waals surface area contributed by atoms with Crippen LogP contribution < -0.4 is 5.73 Å². The fourth-order valence-corrected chi connectivity index (χ4v) is 2.11. The number of aliphatic hydroxyl groups is 1.